The van der Waals surface area contributed by atoms with Crippen molar-refractivity contribution in [3.8, 4) is 0 Å². The van der Waals surface area contributed by atoms with Crippen molar-refractivity contribution < 1.29 is 10.2 Å². The Bertz CT molecular complexity index is 363. The standard InChI is InChI=1S/C9H8Cl6O2/c10-5-6(11)8(13)4(2-17)3(1-16)7(5,12)9(8,14)15/h3-4,16-17H,1-2H2/t3-,4+,7+,8-. The van der Waals surface area contributed by atoms with Gasteiger partial charge in [0.05, 0.1) is 10.1 Å². The highest BCUT2D eigenvalue weighted by Crippen LogP contribution is 2.75. The van der Waals surface area contributed by atoms with Gasteiger partial charge in [0, 0.05) is 25.0 Å². The van der Waals surface area contributed by atoms with Crippen molar-refractivity contribution in [2.75, 3.05) is 13.2 Å². The molecule has 17 heavy (non-hydrogen) atoms. The monoisotopic (exact) mass is 358 g/mol. The minimum absolute atomic E-state index is 0.0320. The molecule has 0 amide bonds. The lowest BCUT2D eigenvalue weighted by Gasteiger charge is -2.34. The molecule has 2 bridgehead atoms. The molecule has 4 atom stereocenters. The molecule has 2 nitrogen and oxygen atoms in total. The molecule has 0 unspecified atom stereocenters. The van der Waals surface area contributed by atoms with Crippen molar-refractivity contribution in [2.45, 2.75) is 14.1 Å². The minimum atomic E-state index is -1.70. The predicted molar refractivity (Wildman–Crippen MR) is 71.5 cm³/mol. The first kappa shape index (κ1) is 14.8. The Hall–Kier alpha value is 1.40. The molecular weight excluding hydrogens is 353 g/mol. The van der Waals surface area contributed by atoms with E-state index in [1.165, 1.54) is 0 Å². The Labute approximate surface area is 128 Å². The van der Waals surface area contributed by atoms with Crippen LogP contribution in [0.4, 0.5) is 0 Å². The molecule has 98 valence electrons. The molecule has 0 spiro atoms. The van der Waals surface area contributed by atoms with Crippen LogP contribution < -0.4 is 0 Å². The third-order valence-electron chi connectivity index (χ3n) is 3.65. The summed E-state index contributed by atoms with van der Waals surface area (Å²) in [5, 5.41) is 18.9. The first-order chi connectivity index (χ1) is 7.71. The lowest BCUT2D eigenvalue weighted by atomic mass is 9.83. The summed E-state index contributed by atoms with van der Waals surface area (Å²) in [7, 11) is 0. The zero-order valence-electron chi connectivity index (χ0n) is 8.23. The number of halogens is 6. The number of rotatable bonds is 2. The molecule has 0 heterocycles. The summed E-state index contributed by atoms with van der Waals surface area (Å²) in [5.41, 5.74) is 0. The molecule has 2 N–H and O–H groups in total. The van der Waals surface area contributed by atoms with Crippen molar-refractivity contribution in [3.63, 3.8) is 0 Å². The number of aliphatic hydroxyl groups is 2. The number of hydrogen-bond donors (Lipinski definition) is 2. The van der Waals surface area contributed by atoms with Crippen molar-refractivity contribution in [1.29, 1.82) is 0 Å². The Morgan fingerprint density at radius 2 is 1.12 bits per heavy atom. The van der Waals surface area contributed by atoms with Gasteiger partial charge >= 0.3 is 0 Å². The number of fused-ring (bicyclic) bond motifs is 2. The van der Waals surface area contributed by atoms with Gasteiger partial charge in [0.15, 0.2) is 4.33 Å². The Kier molecular flexibility index (Phi) is 3.65. The van der Waals surface area contributed by atoms with Crippen LogP contribution >= 0.6 is 69.6 Å². The third-order valence-corrected chi connectivity index (χ3v) is 8.00. The Balaban J connectivity index is 2.72. The number of aliphatic hydroxyl groups excluding tert-OH is 2. The predicted octanol–water partition coefficient (Wildman–Crippen LogP) is 3.05. The van der Waals surface area contributed by atoms with Crippen molar-refractivity contribution in [3.05, 3.63) is 10.1 Å². The van der Waals surface area contributed by atoms with E-state index in [1.54, 1.807) is 0 Å². The number of hydrogen-bond acceptors (Lipinski definition) is 2. The molecule has 1 fully saturated rings. The highest BCUT2D eigenvalue weighted by Gasteiger charge is 2.81. The van der Waals surface area contributed by atoms with Crippen LogP contribution in [0.2, 0.25) is 0 Å². The highest BCUT2D eigenvalue weighted by molar-refractivity contribution is 6.65. The maximum atomic E-state index is 9.41. The lowest BCUT2D eigenvalue weighted by Crippen LogP contribution is -2.45. The minimum Gasteiger partial charge on any atom is -0.396 e. The van der Waals surface area contributed by atoms with Crippen molar-refractivity contribution >= 4 is 69.6 Å². The fraction of sp³-hybridized carbons (Fsp3) is 0.778. The number of allylic oxidation sites excluding steroid dienone is 2. The van der Waals surface area contributed by atoms with Gasteiger partial charge in [0.1, 0.15) is 9.75 Å². The Morgan fingerprint density at radius 3 is 1.35 bits per heavy atom. The van der Waals surface area contributed by atoms with Crippen molar-refractivity contribution in [2.24, 2.45) is 11.8 Å². The van der Waals surface area contributed by atoms with Crippen LogP contribution in [0.3, 0.4) is 0 Å². The summed E-state index contributed by atoms with van der Waals surface area (Å²) in [6.45, 7) is -0.713. The van der Waals surface area contributed by atoms with E-state index in [0.29, 0.717) is 0 Å². The van der Waals surface area contributed by atoms with Gasteiger partial charge < -0.3 is 10.2 Å². The van der Waals surface area contributed by atoms with E-state index in [0.717, 1.165) is 0 Å². The molecular formula is C9H8Cl6O2. The molecule has 0 aromatic heterocycles. The van der Waals surface area contributed by atoms with Gasteiger partial charge in [-0.05, 0) is 0 Å². The normalized spacial score (nSPS) is 48.0. The maximum Gasteiger partial charge on any atom is 0.167 e. The molecule has 2 rings (SSSR count). The van der Waals surface area contributed by atoms with E-state index in [9.17, 15) is 10.2 Å². The van der Waals surface area contributed by atoms with Crippen LogP contribution in [0.1, 0.15) is 0 Å². The fourth-order valence-electron chi connectivity index (χ4n) is 2.71. The smallest absolute Gasteiger partial charge is 0.167 e. The van der Waals surface area contributed by atoms with E-state index in [-0.39, 0.29) is 23.3 Å². The van der Waals surface area contributed by atoms with Gasteiger partial charge in [-0.1, -0.05) is 46.4 Å². The summed E-state index contributed by atoms with van der Waals surface area (Å²) in [4.78, 5) is -2.97. The molecule has 8 heteroatoms. The second-order valence-corrected chi connectivity index (χ2v) is 7.48. The molecule has 2 aliphatic carbocycles. The first-order valence-electron chi connectivity index (χ1n) is 4.74. The molecule has 1 saturated carbocycles. The largest absolute Gasteiger partial charge is 0.396 e. The zero-order valence-corrected chi connectivity index (χ0v) is 12.8. The summed E-state index contributed by atoms with van der Waals surface area (Å²) < 4.78 is -1.70. The molecule has 0 aromatic carbocycles. The topological polar surface area (TPSA) is 40.5 Å². The van der Waals surface area contributed by atoms with Gasteiger partial charge in [-0.2, -0.15) is 0 Å². The SMILES string of the molecule is OC[C@@H]1[C@H](CO)[C@@]2(Cl)C(Cl)=C(Cl)[C@]1(Cl)C2(Cl)Cl. The zero-order chi connectivity index (χ0) is 13.2. The fourth-order valence-corrected chi connectivity index (χ4v) is 5.78. The van der Waals surface area contributed by atoms with E-state index in [4.69, 9.17) is 69.6 Å². The van der Waals surface area contributed by atoms with Crippen LogP contribution in [0.25, 0.3) is 0 Å². The molecule has 0 radical (unpaired) electrons. The Morgan fingerprint density at radius 1 is 0.824 bits per heavy atom. The average Bonchev–Trinajstić information content (AvgIpc) is 2.48. The van der Waals surface area contributed by atoms with Gasteiger partial charge in [-0.3, -0.25) is 0 Å². The molecule has 2 aliphatic rings. The van der Waals surface area contributed by atoms with E-state index in [2.05, 4.69) is 0 Å². The third kappa shape index (κ3) is 1.34. The molecule has 0 aromatic rings. The maximum absolute atomic E-state index is 9.41. The van der Waals surface area contributed by atoms with Crippen LogP contribution in [-0.4, -0.2) is 37.5 Å². The molecule has 0 aliphatic heterocycles. The summed E-state index contributed by atoms with van der Waals surface area (Å²) in [5.74, 6) is -1.34. The quantitative estimate of drug-likeness (QED) is 0.743. The van der Waals surface area contributed by atoms with Gasteiger partial charge in [-0.25, -0.2) is 0 Å². The van der Waals surface area contributed by atoms with E-state index >= 15 is 0 Å². The average molecular weight is 361 g/mol. The van der Waals surface area contributed by atoms with Crippen LogP contribution in [0.5, 0.6) is 0 Å². The summed E-state index contributed by atoms with van der Waals surface area (Å²) in [6.07, 6.45) is 0. The van der Waals surface area contributed by atoms with Crippen molar-refractivity contribution in [1.82, 2.24) is 0 Å². The second kappa shape index (κ2) is 4.20. The van der Waals surface area contributed by atoms with E-state index < -0.39 is 25.9 Å². The van der Waals surface area contributed by atoms with Gasteiger partial charge in [0.2, 0.25) is 0 Å². The van der Waals surface area contributed by atoms with Crippen LogP contribution in [0, 0.1) is 11.8 Å². The molecule has 0 saturated heterocycles. The summed E-state index contributed by atoms with van der Waals surface area (Å²) in [6, 6.07) is 0. The highest BCUT2D eigenvalue weighted by atomic mass is 35.5. The summed E-state index contributed by atoms with van der Waals surface area (Å²) >= 11 is 37.3. The van der Waals surface area contributed by atoms with E-state index in [1.807, 2.05) is 0 Å². The van der Waals surface area contributed by atoms with Gasteiger partial charge in [0.25, 0.3) is 0 Å². The first-order valence-corrected chi connectivity index (χ1v) is 7.01. The van der Waals surface area contributed by atoms with Crippen LogP contribution in [0.15, 0.2) is 10.1 Å². The van der Waals surface area contributed by atoms with Gasteiger partial charge in [-0.15, -0.1) is 23.2 Å². The lowest BCUT2D eigenvalue weighted by molar-refractivity contribution is 0.120. The number of alkyl halides is 4. The van der Waals surface area contributed by atoms with Crippen LogP contribution in [-0.2, 0) is 0 Å². The second-order valence-electron chi connectivity index (χ2n) is 4.20.